The maximum atomic E-state index is 9.69. The van der Waals surface area contributed by atoms with Crippen LogP contribution >= 0.6 is 24.0 Å². The quantitative estimate of drug-likeness (QED) is 0.429. The lowest BCUT2D eigenvalue weighted by Gasteiger charge is -2.31. The van der Waals surface area contributed by atoms with Crippen LogP contribution in [0, 0.1) is 0 Å². The van der Waals surface area contributed by atoms with Crippen molar-refractivity contribution in [3.05, 3.63) is 36.0 Å². The van der Waals surface area contributed by atoms with Crippen molar-refractivity contribution in [3.8, 4) is 10.6 Å². The molecule has 0 unspecified atom stereocenters. The molecular formula is C13H15NO4S2. The van der Waals surface area contributed by atoms with Crippen LogP contribution in [0.3, 0.4) is 0 Å². The van der Waals surface area contributed by atoms with Crippen LogP contribution in [0.15, 0.2) is 34.5 Å². The molecule has 4 N–H and O–H groups in total. The van der Waals surface area contributed by atoms with Gasteiger partial charge in [0.25, 0.3) is 0 Å². The number of hydrogen-bond donors (Lipinski definition) is 5. The largest absolute Gasteiger partial charge is 0.362 e. The van der Waals surface area contributed by atoms with Crippen LogP contribution < -0.4 is 0 Å². The Morgan fingerprint density at radius 1 is 1.15 bits per heavy atom. The Hall–Kier alpha value is -0.960. The summed E-state index contributed by atoms with van der Waals surface area (Å²) in [7, 11) is 0. The fraction of sp³-hybridized carbons (Fsp3) is 0.308. The first-order valence-electron chi connectivity index (χ1n) is 5.84. The maximum Gasteiger partial charge on any atom is 0.223 e. The van der Waals surface area contributed by atoms with Crippen molar-refractivity contribution in [2.45, 2.75) is 29.1 Å². The van der Waals surface area contributed by atoms with E-state index in [0.717, 1.165) is 12.5 Å². The Kier molecular flexibility index (Phi) is 4.19. The summed E-state index contributed by atoms with van der Waals surface area (Å²) < 4.78 is 0.501. The summed E-state index contributed by atoms with van der Waals surface area (Å²) in [5.41, 5.74) is 1.19. The first-order chi connectivity index (χ1) is 9.21. The van der Waals surface area contributed by atoms with Gasteiger partial charge in [-0.3, -0.25) is 0 Å². The summed E-state index contributed by atoms with van der Waals surface area (Å²) in [6.45, 7) is 0.898. The van der Waals surface area contributed by atoms with Crippen molar-refractivity contribution in [1.82, 2.24) is 4.98 Å². The highest BCUT2D eigenvalue weighted by atomic mass is 32.2. The molecule has 7 heteroatoms. The molecule has 1 aromatic heterocycles. The van der Waals surface area contributed by atoms with Gasteiger partial charge in [-0.05, 0) is 6.92 Å². The number of rotatable bonds is 4. The van der Waals surface area contributed by atoms with Gasteiger partial charge in [0.15, 0.2) is 0 Å². The summed E-state index contributed by atoms with van der Waals surface area (Å²) in [5.74, 6) is -5.35. The van der Waals surface area contributed by atoms with Gasteiger partial charge in [0.05, 0.1) is 16.3 Å². The van der Waals surface area contributed by atoms with Crippen LogP contribution in [0.4, 0.5) is 0 Å². The lowest BCUT2D eigenvalue weighted by molar-refractivity contribution is -0.347. The van der Waals surface area contributed by atoms with Gasteiger partial charge in [0, 0.05) is 5.56 Å². The van der Waals surface area contributed by atoms with Gasteiger partial charge < -0.3 is 20.4 Å². The van der Waals surface area contributed by atoms with E-state index in [1.54, 1.807) is 0 Å². The van der Waals surface area contributed by atoms with E-state index in [4.69, 9.17) is 0 Å². The molecular weight excluding hydrogens is 298 g/mol. The highest BCUT2D eigenvalue weighted by Gasteiger charge is 2.44. The van der Waals surface area contributed by atoms with Crippen LogP contribution in [0.5, 0.6) is 0 Å². The predicted molar refractivity (Wildman–Crippen MR) is 78.5 cm³/mol. The molecule has 1 heterocycles. The third-order valence-corrected chi connectivity index (χ3v) is 4.35. The van der Waals surface area contributed by atoms with Crippen molar-refractivity contribution >= 4 is 24.0 Å². The lowest BCUT2D eigenvalue weighted by Crippen LogP contribution is -2.53. The number of aliphatic hydroxyl groups is 4. The van der Waals surface area contributed by atoms with Crippen molar-refractivity contribution < 1.29 is 20.4 Å². The zero-order chi connectivity index (χ0) is 15.0. The minimum absolute atomic E-state index is 0.302. The zero-order valence-corrected chi connectivity index (χ0v) is 12.4. The van der Waals surface area contributed by atoms with Crippen molar-refractivity contribution in [3.63, 3.8) is 0 Å². The van der Waals surface area contributed by atoms with Gasteiger partial charge in [-0.1, -0.05) is 30.3 Å². The van der Waals surface area contributed by atoms with Gasteiger partial charge in [0.2, 0.25) is 11.6 Å². The standard InChI is InChI=1S/C13H15NO4S2/c1-12(15,16)13(17,18)7-9-11(19)20-10(14-9)8-5-3-2-4-6-8/h2-6,15-19H,7H2,1H3. The summed E-state index contributed by atoms with van der Waals surface area (Å²) in [6, 6.07) is 9.38. The highest BCUT2D eigenvalue weighted by molar-refractivity contribution is 7.83. The average Bonchev–Trinajstić information content (AvgIpc) is 2.70. The van der Waals surface area contributed by atoms with Crippen LogP contribution in [-0.4, -0.2) is 37.0 Å². The molecule has 0 saturated heterocycles. The van der Waals surface area contributed by atoms with Crippen molar-refractivity contribution in [1.29, 1.82) is 0 Å². The number of hydrogen-bond acceptors (Lipinski definition) is 7. The summed E-state index contributed by atoms with van der Waals surface area (Å²) in [5, 5.41) is 38.7. The fourth-order valence-electron chi connectivity index (χ4n) is 1.56. The summed E-state index contributed by atoms with van der Waals surface area (Å²) in [6.07, 6.45) is -0.432. The average molecular weight is 313 g/mol. The molecule has 0 radical (unpaired) electrons. The van der Waals surface area contributed by atoms with E-state index in [-0.39, 0.29) is 0 Å². The van der Waals surface area contributed by atoms with Gasteiger partial charge in [-0.25, -0.2) is 4.98 Å². The van der Waals surface area contributed by atoms with E-state index in [2.05, 4.69) is 17.6 Å². The van der Waals surface area contributed by atoms with Crippen LogP contribution in [0.1, 0.15) is 12.6 Å². The molecule has 0 bridgehead atoms. The highest BCUT2D eigenvalue weighted by Crippen LogP contribution is 2.33. The maximum absolute atomic E-state index is 9.69. The van der Waals surface area contributed by atoms with E-state index in [1.807, 2.05) is 30.3 Å². The van der Waals surface area contributed by atoms with Crippen LogP contribution in [0.25, 0.3) is 10.6 Å². The Bertz CT molecular complexity index is 590. The molecule has 20 heavy (non-hydrogen) atoms. The van der Waals surface area contributed by atoms with Gasteiger partial charge >= 0.3 is 0 Å². The van der Waals surface area contributed by atoms with Crippen LogP contribution in [0.2, 0.25) is 0 Å². The predicted octanol–water partition coefficient (Wildman–Crippen LogP) is 1.02. The molecule has 0 fully saturated rings. The SMILES string of the molecule is CC(O)(O)C(O)(O)Cc1nc(-c2ccccc2)sc1S. The zero-order valence-electron chi connectivity index (χ0n) is 10.7. The molecule has 1 aromatic carbocycles. The third kappa shape index (κ3) is 3.20. The second-order valence-corrected chi connectivity index (χ2v) is 6.40. The number of thiazole rings is 1. The van der Waals surface area contributed by atoms with Crippen molar-refractivity contribution in [2.24, 2.45) is 0 Å². The Balaban J connectivity index is 2.30. The Morgan fingerprint density at radius 2 is 1.75 bits per heavy atom. The van der Waals surface area contributed by atoms with E-state index in [1.165, 1.54) is 11.3 Å². The molecule has 0 aliphatic rings. The number of thiol groups is 1. The first-order valence-corrected chi connectivity index (χ1v) is 7.10. The normalized spacial score (nSPS) is 12.7. The van der Waals surface area contributed by atoms with E-state index < -0.39 is 18.0 Å². The molecule has 0 aliphatic carbocycles. The van der Waals surface area contributed by atoms with Gasteiger partial charge in [-0.15, -0.1) is 24.0 Å². The van der Waals surface area contributed by atoms with Crippen LogP contribution in [-0.2, 0) is 6.42 Å². The molecule has 0 atom stereocenters. The Labute approximate surface area is 125 Å². The molecule has 0 amide bonds. The second-order valence-electron chi connectivity index (χ2n) is 4.65. The molecule has 5 nitrogen and oxygen atoms in total. The number of nitrogens with zero attached hydrogens (tertiary/aromatic N) is 1. The van der Waals surface area contributed by atoms with E-state index in [0.29, 0.717) is 14.9 Å². The minimum atomic E-state index is -2.70. The first kappa shape index (κ1) is 15.4. The molecule has 0 aliphatic heterocycles. The van der Waals surface area contributed by atoms with Crippen molar-refractivity contribution in [2.75, 3.05) is 0 Å². The van der Waals surface area contributed by atoms with E-state index in [9.17, 15) is 20.4 Å². The summed E-state index contributed by atoms with van der Waals surface area (Å²) in [4.78, 5) is 4.28. The number of aromatic nitrogens is 1. The topological polar surface area (TPSA) is 93.8 Å². The molecule has 0 spiro atoms. The molecule has 108 valence electrons. The summed E-state index contributed by atoms with van der Waals surface area (Å²) >= 11 is 5.53. The second kappa shape index (κ2) is 5.44. The fourth-order valence-corrected chi connectivity index (χ4v) is 2.78. The smallest absolute Gasteiger partial charge is 0.223 e. The third-order valence-electron chi connectivity index (χ3n) is 2.87. The van der Waals surface area contributed by atoms with Gasteiger partial charge in [0.1, 0.15) is 5.01 Å². The number of benzene rings is 1. The molecule has 0 saturated carbocycles. The lowest BCUT2D eigenvalue weighted by atomic mass is 10.0. The van der Waals surface area contributed by atoms with E-state index >= 15 is 0 Å². The Morgan fingerprint density at radius 3 is 2.30 bits per heavy atom. The monoisotopic (exact) mass is 313 g/mol. The minimum Gasteiger partial charge on any atom is -0.362 e. The van der Waals surface area contributed by atoms with Gasteiger partial charge in [-0.2, -0.15) is 0 Å². The molecule has 2 aromatic rings. The molecule has 2 rings (SSSR count).